The molecule has 1 aromatic carbocycles. The van der Waals surface area contributed by atoms with Gasteiger partial charge in [-0.1, -0.05) is 12.1 Å². The average Bonchev–Trinajstić information content (AvgIpc) is 2.29. The molecule has 3 nitrogen and oxygen atoms in total. The minimum Gasteiger partial charge on any atom is -0.355 e. The van der Waals surface area contributed by atoms with Crippen LogP contribution in [-0.4, -0.2) is 19.0 Å². The molecule has 0 heterocycles. The molecular weight excluding hydrogens is 219 g/mol. The maximum Gasteiger partial charge on any atom is 0.226 e. The zero-order chi connectivity index (χ0) is 12.9. The van der Waals surface area contributed by atoms with Crippen molar-refractivity contribution < 1.29 is 9.18 Å². The molecule has 0 fully saturated rings. The molecule has 0 saturated heterocycles. The molecule has 1 rings (SSSR count). The minimum absolute atomic E-state index is 0.0728. The molecule has 1 amide bonds. The molecule has 0 radical (unpaired) electrons. The van der Waals surface area contributed by atoms with Gasteiger partial charge in [-0.2, -0.15) is 0 Å². The fourth-order valence-electron chi connectivity index (χ4n) is 1.34. The van der Waals surface area contributed by atoms with Gasteiger partial charge in [-0.25, -0.2) is 4.39 Å². The molecular formula is C13H19FN2O. The number of benzene rings is 1. The highest BCUT2D eigenvalue weighted by Gasteiger charge is 2.24. The summed E-state index contributed by atoms with van der Waals surface area (Å²) in [6.45, 7) is 4.39. The van der Waals surface area contributed by atoms with Gasteiger partial charge in [0.25, 0.3) is 0 Å². The van der Waals surface area contributed by atoms with Crippen LogP contribution in [0.1, 0.15) is 19.4 Å². The van der Waals surface area contributed by atoms with Gasteiger partial charge in [0, 0.05) is 13.1 Å². The van der Waals surface area contributed by atoms with Gasteiger partial charge >= 0.3 is 0 Å². The Bertz CT molecular complexity index is 391. The zero-order valence-electron chi connectivity index (χ0n) is 10.3. The Morgan fingerprint density at radius 1 is 1.47 bits per heavy atom. The maximum atomic E-state index is 12.9. The summed E-state index contributed by atoms with van der Waals surface area (Å²) in [4.78, 5) is 11.7. The third kappa shape index (κ3) is 4.15. The molecule has 0 saturated carbocycles. The highest BCUT2D eigenvalue weighted by atomic mass is 19.1. The molecule has 0 aliphatic carbocycles. The third-order valence-electron chi connectivity index (χ3n) is 2.71. The second-order valence-electron chi connectivity index (χ2n) is 4.72. The predicted molar refractivity (Wildman–Crippen MR) is 65.9 cm³/mol. The van der Waals surface area contributed by atoms with Crippen LogP contribution in [0.25, 0.3) is 0 Å². The van der Waals surface area contributed by atoms with Crippen LogP contribution in [0.3, 0.4) is 0 Å². The van der Waals surface area contributed by atoms with Gasteiger partial charge in [0.15, 0.2) is 0 Å². The van der Waals surface area contributed by atoms with Crippen molar-refractivity contribution in [3.8, 4) is 0 Å². The Morgan fingerprint density at radius 2 is 2.18 bits per heavy atom. The van der Waals surface area contributed by atoms with Gasteiger partial charge in [0.2, 0.25) is 5.91 Å². The smallest absolute Gasteiger partial charge is 0.226 e. The first-order valence-corrected chi connectivity index (χ1v) is 5.68. The Kier molecular flexibility index (Phi) is 4.63. The Hall–Kier alpha value is -1.42. The molecule has 4 heteroatoms. The fraction of sp³-hybridized carbons (Fsp3) is 0.462. The van der Waals surface area contributed by atoms with Crippen molar-refractivity contribution in [1.82, 2.24) is 5.32 Å². The molecule has 3 N–H and O–H groups in total. The van der Waals surface area contributed by atoms with E-state index in [2.05, 4.69) is 5.32 Å². The van der Waals surface area contributed by atoms with Crippen LogP contribution in [0.2, 0.25) is 0 Å². The van der Waals surface area contributed by atoms with E-state index >= 15 is 0 Å². The van der Waals surface area contributed by atoms with E-state index in [0.29, 0.717) is 19.5 Å². The number of hydrogen-bond acceptors (Lipinski definition) is 2. The van der Waals surface area contributed by atoms with Crippen LogP contribution >= 0.6 is 0 Å². The summed E-state index contributed by atoms with van der Waals surface area (Å²) in [5.74, 6) is -0.326. The number of carbonyl (C=O) groups excluding carboxylic acids is 1. The van der Waals surface area contributed by atoms with Gasteiger partial charge in [0.1, 0.15) is 5.82 Å². The lowest BCUT2D eigenvalue weighted by Gasteiger charge is -2.21. The normalized spacial score (nSPS) is 11.3. The lowest BCUT2D eigenvalue weighted by molar-refractivity contribution is -0.128. The lowest BCUT2D eigenvalue weighted by Crippen LogP contribution is -2.42. The first-order valence-electron chi connectivity index (χ1n) is 5.68. The zero-order valence-corrected chi connectivity index (χ0v) is 10.3. The standard InChI is InChI=1S/C13H19FN2O/c1-13(2,9-15)12(17)16-7-6-10-4-3-5-11(14)8-10/h3-5,8H,6-7,9,15H2,1-2H3,(H,16,17). The van der Waals surface area contributed by atoms with Crippen LogP contribution < -0.4 is 11.1 Å². The van der Waals surface area contributed by atoms with Gasteiger partial charge in [-0.15, -0.1) is 0 Å². The average molecular weight is 238 g/mol. The van der Waals surface area contributed by atoms with E-state index in [1.54, 1.807) is 19.9 Å². The second kappa shape index (κ2) is 5.77. The molecule has 1 aromatic rings. The molecule has 17 heavy (non-hydrogen) atoms. The molecule has 0 unspecified atom stereocenters. The van der Waals surface area contributed by atoms with E-state index in [4.69, 9.17) is 5.73 Å². The van der Waals surface area contributed by atoms with E-state index in [1.165, 1.54) is 12.1 Å². The molecule has 0 aromatic heterocycles. The van der Waals surface area contributed by atoms with Gasteiger partial charge < -0.3 is 11.1 Å². The SMILES string of the molecule is CC(C)(CN)C(=O)NCCc1cccc(F)c1. The number of amides is 1. The molecule has 94 valence electrons. The quantitative estimate of drug-likeness (QED) is 0.816. The summed E-state index contributed by atoms with van der Waals surface area (Å²) in [5, 5.41) is 2.80. The van der Waals surface area contributed by atoms with Crippen LogP contribution in [0.15, 0.2) is 24.3 Å². The number of nitrogens with one attached hydrogen (secondary N) is 1. The summed E-state index contributed by atoms with van der Waals surface area (Å²) in [7, 11) is 0. The van der Waals surface area contributed by atoms with Crippen molar-refractivity contribution in [1.29, 1.82) is 0 Å². The largest absolute Gasteiger partial charge is 0.355 e. The highest BCUT2D eigenvalue weighted by molar-refractivity contribution is 5.82. The van der Waals surface area contributed by atoms with Crippen LogP contribution in [-0.2, 0) is 11.2 Å². The number of halogens is 1. The van der Waals surface area contributed by atoms with Crippen LogP contribution in [0.5, 0.6) is 0 Å². The number of nitrogens with two attached hydrogens (primary N) is 1. The van der Waals surface area contributed by atoms with E-state index in [1.807, 2.05) is 6.07 Å². The summed E-state index contributed by atoms with van der Waals surface area (Å²) < 4.78 is 12.9. The van der Waals surface area contributed by atoms with E-state index in [9.17, 15) is 9.18 Å². The van der Waals surface area contributed by atoms with Gasteiger partial charge in [-0.05, 0) is 38.0 Å². The summed E-state index contributed by atoms with van der Waals surface area (Å²) in [6, 6.07) is 6.37. The molecule has 0 aliphatic heterocycles. The molecule has 0 aliphatic rings. The Morgan fingerprint density at radius 3 is 2.76 bits per heavy atom. The van der Waals surface area contributed by atoms with Crippen LogP contribution in [0, 0.1) is 11.2 Å². The van der Waals surface area contributed by atoms with Crippen molar-refractivity contribution in [2.75, 3.05) is 13.1 Å². The highest BCUT2D eigenvalue weighted by Crippen LogP contribution is 2.12. The maximum absolute atomic E-state index is 12.9. The Labute approximate surface area is 101 Å². The lowest BCUT2D eigenvalue weighted by atomic mass is 9.92. The monoisotopic (exact) mass is 238 g/mol. The summed E-state index contributed by atoms with van der Waals surface area (Å²) in [5.41, 5.74) is 5.82. The summed E-state index contributed by atoms with van der Waals surface area (Å²) in [6.07, 6.45) is 0.615. The van der Waals surface area contributed by atoms with Crippen molar-refractivity contribution in [3.05, 3.63) is 35.6 Å². The van der Waals surface area contributed by atoms with E-state index < -0.39 is 5.41 Å². The van der Waals surface area contributed by atoms with Crippen molar-refractivity contribution in [2.45, 2.75) is 20.3 Å². The third-order valence-corrected chi connectivity index (χ3v) is 2.71. The number of rotatable bonds is 5. The van der Waals surface area contributed by atoms with Crippen molar-refractivity contribution >= 4 is 5.91 Å². The summed E-state index contributed by atoms with van der Waals surface area (Å²) >= 11 is 0. The molecule has 0 atom stereocenters. The van der Waals surface area contributed by atoms with Gasteiger partial charge in [0.05, 0.1) is 5.41 Å². The minimum atomic E-state index is -0.554. The first kappa shape index (κ1) is 13.6. The van der Waals surface area contributed by atoms with Crippen LogP contribution in [0.4, 0.5) is 4.39 Å². The topological polar surface area (TPSA) is 55.1 Å². The number of carbonyl (C=O) groups is 1. The molecule has 0 spiro atoms. The fourth-order valence-corrected chi connectivity index (χ4v) is 1.34. The van der Waals surface area contributed by atoms with Crippen molar-refractivity contribution in [2.24, 2.45) is 11.1 Å². The van der Waals surface area contributed by atoms with E-state index in [0.717, 1.165) is 5.56 Å². The first-order chi connectivity index (χ1) is 7.95. The van der Waals surface area contributed by atoms with Crippen molar-refractivity contribution in [3.63, 3.8) is 0 Å². The molecule has 0 bridgehead atoms. The number of hydrogen-bond donors (Lipinski definition) is 2. The van der Waals surface area contributed by atoms with Gasteiger partial charge in [-0.3, -0.25) is 4.79 Å². The second-order valence-corrected chi connectivity index (χ2v) is 4.72. The predicted octanol–water partition coefficient (Wildman–Crippen LogP) is 1.47. The Balaban J connectivity index is 2.41. The van der Waals surface area contributed by atoms with E-state index in [-0.39, 0.29) is 11.7 Å².